The lowest BCUT2D eigenvalue weighted by molar-refractivity contribution is 0.0596. The van der Waals surface area contributed by atoms with Crippen LogP contribution in [0.1, 0.15) is 27.1 Å². The van der Waals surface area contributed by atoms with Crippen LogP contribution in [0, 0.1) is 11.3 Å². The molecular formula is C17H15Br2N3O5. The van der Waals surface area contributed by atoms with E-state index in [2.05, 4.69) is 46.6 Å². The number of halogens is 2. The molecule has 2 heterocycles. The van der Waals surface area contributed by atoms with Gasteiger partial charge in [0.05, 0.1) is 39.4 Å². The molecule has 27 heavy (non-hydrogen) atoms. The fraction of sp³-hybridized carbons (Fsp3) is 0.235. The molecule has 0 atom stereocenters. The zero-order valence-electron chi connectivity index (χ0n) is 14.7. The number of nitriles is 1. The number of ketones is 1. The minimum atomic E-state index is -0.467. The van der Waals surface area contributed by atoms with Crippen LogP contribution in [0.2, 0.25) is 0 Å². The van der Waals surface area contributed by atoms with Crippen LogP contribution < -0.4 is 9.47 Å². The number of methoxy groups -OCH3 is 3. The molecule has 2 aromatic heterocycles. The minimum absolute atomic E-state index is 0.172. The lowest BCUT2D eigenvalue weighted by Crippen LogP contribution is -2.05. The highest BCUT2D eigenvalue weighted by atomic mass is 79.9. The maximum absolute atomic E-state index is 11.4. The molecule has 0 radical (unpaired) electrons. The van der Waals surface area contributed by atoms with E-state index in [4.69, 9.17) is 14.7 Å². The summed E-state index contributed by atoms with van der Waals surface area (Å²) in [6, 6.07) is 4.97. The van der Waals surface area contributed by atoms with Crippen LogP contribution in [0.15, 0.2) is 33.5 Å². The highest BCUT2D eigenvalue weighted by Gasteiger charge is 2.14. The van der Waals surface area contributed by atoms with Gasteiger partial charge in [0, 0.05) is 21.3 Å². The Morgan fingerprint density at radius 3 is 1.93 bits per heavy atom. The average Bonchev–Trinajstić information content (AvgIpc) is 2.68. The Balaban J connectivity index is 0.000000271. The molecule has 2 aromatic rings. The fourth-order valence-electron chi connectivity index (χ4n) is 1.80. The Kier molecular flexibility index (Phi) is 9.39. The number of ether oxygens (including phenoxy) is 3. The van der Waals surface area contributed by atoms with E-state index >= 15 is 0 Å². The second-order valence-corrected chi connectivity index (χ2v) is 6.50. The number of carbonyl (C=O) groups is 2. The van der Waals surface area contributed by atoms with E-state index in [1.807, 2.05) is 0 Å². The Morgan fingerprint density at radius 1 is 1.00 bits per heavy atom. The van der Waals surface area contributed by atoms with Crippen molar-refractivity contribution in [2.45, 2.75) is 6.42 Å². The first-order valence-corrected chi connectivity index (χ1v) is 8.84. The highest BCUT2D eigenvalue weighted by molar-refractivity contribution is 9.10. The van der Waals surface area contributed by atoms with Crippen molar-refractivity contribution in [1.82, 2.24) is 9.97 Å². The van der Waals surface area contributed by atoms with Gasteiger partial charge in [0.25, 0.3) is 0 Å². The van der Waals surface area contributed by atoms with Gasteiger partial charge < -0.3 is 14.2 Å². The molecular weight excluding hydrogens is 486 g/mol. The molecule has 0 bridgehead atoms. The monoisotopic (exact) mass is 499 g/mol. The van der Waals surface area contributed by atoms with Crippen LogP contribution in [0.3, 0.4) is 0 Å². The largest absolute Gasteiger partial charge is 0.480 e. The Bertz CT molecular complexity index is 868. The van der Waals surface area contributed by atoms with Crippen LogP contribution in [-0.2, 0) is 4.74 Å². The zero-order chi connectivity index (χ0) is 20.4. The molecule has 2 rings (SSSR count). The number of nitrogens with zero attached hydrogens (tertiary/aromatic N) is 3. The van der Waals surface area contributed by atoms with Crippen molar-refractivity contribution in [1.29, 1.82) is 5.26 Å². The number of hydrogen-bond donors (Lipinski definition) is 0. The summed E-state index contributed by atoms with van der Waals surface area (Å²) >= 11 is 6.39. The van der Waals surface area contributed by atoms with Crippen molar-refractivity contribution in [3.05, 3.63) is 44.6 Å². The molecule has 0 aromatic carbocycles. The maximum atomic E-state index is 11.4. The summed E-state index contributed by atoms with van der Waals surface area (Å²) in [5.41, 5.74) is 0.628. The van der Waals surface area contributed by atoms with Gasteiger partial charge in [0.2, 0.25) is 11.8 Å². The first-order valence-electron chi connectivity index (χ1n) is 7.25. The minimum Gasteiger partial charge on any atom is -0.480 e. The van der Waals surface area contributed by atoms with Crippen molar-refractivity contribution in [3.8, 4) is 17.8 Å². The van der Waals surface area contributed by atoms with Gasteiger partial charge in [-0.2, -0.15) is 5.26 Å². The van der Waals surface area contributed by atoms with Crippen LogP contribution in [0.25, 0.3) is 0 Å². The molecule has 10 heteroatoms. The molecule has 8 nitrogen and oxygen atoms in total. The summed E-state index contributed by atoms with van der Waals surface area (Å²) in [4.78, 5) is 30.4. The normalized spacial score (nSPS) is 9.33. The molecule has 0 saturated carbocycles. The van der Waals surface area contributed by atoms with Crippen molar-refractivity contribution >= 4 is 43.6 Å². The van der Waals surface area contributed by atoms with Gasteiger partial charge in [0.1, 0.15) is 5.56 Å². The lowest BCUT2D eigenvalue weighted by Gasteiger charge is -2.04. The molecule has 0 aliphatic rings. The molecule has 0 N–H and O–H groups in total. The topological polar surface area (TPSA) is 111 Å². The first-order chi connectivity index (χ1) is 12.9. The molecule has 0 unspecified atom stereocenters. The lowest BCUT2D eigenvalue weighted by atomic mass is 10.1. The van der Waals surface area contributed by atoms with E-state index in [1.54, 1.807) is 24.4 Å². The third-order valence-electron chi connectivity index (χ3n) is 2.97. The average molecular weight is 501 g/mol. The summed E-state index contributed by atoms with van der Waals surface area (Å²) < 4.78 is 15.7. The van der Waals surface area contributed by atoms with Gasteiger partial charge in [0.15, 0.2) is 5.78 Å². The quantitative estimate of drug-likeness (QED) is 0.452. The van der Waals surface area contributed by atoms with E-state index in [1.165, 1.54) is 27.5 Å². The number of aromatic nitrogens is 2. The smallest absolute Gasteiger partial charge is 0.343 e. The number of Topliss-reactive ketones (excluding diaryl/α,β-unsaturated/α-hetero) is 1. The predicted octanol–water partition coefficient (Wildman–Crippen LogP) is 3.59. The predicted molar refractivity (Wildman–Crippen MR) is 103 cm³/mol. The molecule has 0 saturated heterocycles. The number of hydrogen-bond acceptors (Lipinski definition) is 8. The Hall–Kier alpha value is -2.51. The number of carbonyl (C=O) groups excluding carboxylic acids is 2. The number of rotatable bonds is 5. The Morgan fingerprint density at radius 2 is 1.48 bits per heavy atom. The second-order valence-electron chi connectivity index (χ2n) is 4.67. The summed E-state index contributed by atoms with van der Waals surface area (Å²) in [6.45, 7) is 0. The van der Waals surface area contributed by atoms with Crippen LogP contribution in [0.5, 0.6) is 11.8 Å². The molecule has 0 aliphatic heterocycles. The van der Waals surface area contributed by atoms with Gasteiger partial charge >= 0.3 is 5.97 Å². The third kappa shape index (κ3) is 6.62. The summed E-state index contributed by atoms with van der Waals surface area (Å²) in [7, 11) is 4.19. The second kappa shape index (κ2) is 11.3. The zero-order valence-corrected chi connectivity index (χ0v) is 17.8. The molecule has 0 amide bonds. The van der Waals surface area contributed by atoms with Crippen molar-refractivity contribution in [2.75, 3.05) is 21.3 Å². The van der Waals surface area contributed by atoms with Crippen molar-refractivity contribution < 1.29 is 23.8 Å². The van der Waals surface area contributed by atoms with Crippen LogP contribution in [-0.4, -0.2) is 43.0 Å². The standard InChI is InChI=1S/C9H7BrN2O2.C8H8BrNO3/c1-14-9-7(8(13)2-3-11)4-6(10)5-12-9;1-12-7-6(8(11)13-2)3-5(9)4-10-7/h4-5H,2H2,1H3;3-4H,1-2H3. The third-order valence-corrected chi connectivity index (χ3v) is 3.83. The van der Waals surface area contributed by atoms with Crippen molar-refractivity contribution in [3.63, 3.8) is 0 Å². The van der Waals surface area contributed by atoms with E-state index in [0.717, 1.165) is 0 Å². The van der Waals surface area contributed by atoms with Gasteiger partial charge in [-0.25, -0.2) is 14.8 Å². The van der Waals surface area contributed by atoms with Gasteiger partial charge in [-0.05, 0) is 44.0 Å². The summed E-state index contributed by atoms with van der Waals surface area (Å²) in [5.74, 6) is -0.257. The van der Waals surface area contributed by atoms with Gasteiger partial charge in [-0.15, -0.1) is 0 Å². The van der Waals surface area contributed by atoms with E-state index < -0.39 is 5.97 Å². The highest BCUT2D eigenvalue weighted by Crippen LogP contribution is 2.21. The summed E-state index contributed by atoms with van der Waals surface area (Å²) in [5, 5.41) is 8.39. The van der Waals surface area contributed by atoms with E-state index in [9.17, 15) is 9.59 Å². The SMILES string of the molecule is COC(=O)c1cc(Br)cnc1OC.COc1ncc(Br)cc1C(=O)CC#N. The van der Waals surface area contributed by atoms with E-state index in [-0.39, 0.29) is 24.0 Å². The Labute approximate surface area is 172 Å². The summed E-state index contributed by atoms with van der Waals surface area (Å²) in [6.07, 6.45) is 2.90. The molecule has 142 valence electrons. The number of pyridine rings is 2. The maximum Gasteiger partial charge on any atom is 0.343 e. The fourth-order valence-corrected chi connectivity index (χ4v) is 2.46. The molecule has 0 fully saturated rings. The number of esters is 1. The van der Waals surface area contributed by atoms with Gasteiger partial charge in [-0.1, -0.05) is 0 Å². The molecule has 0 aliphatic carbocycles. The van der Waals surface area contributed by atoms with Crippen LogP contribution in [0.4, 0.5) is 0 Å². The van der Waals surface area contributed by atoms with Crippen LogP contribution >= 0.6 is 31.9 Å². The molecule has 0 spiro atoms. The van der Waals surface area contributed by atoms with Crippen molar-refractivity contribution in [2.24, 2.45) is 0 Å². The first kappa shape index (κ1) is 22.5. The van der Waals surface area contributed by atoms with E-state index in [0.29, 0.717) is 20.1 Å². The van der Waals surface area contributed by atoms with Gasteiger partial charge in [-0.3, -0.25) is 4.79 Å².